The van der Waals surface area contributed by atoms with E-state index in [-0.39, 0.29) is 11.9 Å². The van der Waals surface area contributed by atoms with Gasteiger partial charge in [-0.25, -0.2) is 5.01 Å². The van der Waals surface area contributed by atoms with Gasteiger partial charge in [-0.1, -0.05) is 53.6 Å². The highest BCUT2D eigenvalue weighted by Crippen LogP contribution is 2.33. The van der Waals surface area contributed by atoms with Gasteiger partial charge in [-0.05, 0) is 30.2 Å². The predicted octanol–water partition coefficient (Wildman–Crippen LogP) is 3.66. The highest BCUT2D eigenvalue weighted by atomic mass is 35.5. The first-order valence-corrected chi connectivity index (χ1v) is 10.00. The van der Waals surface area contributed by atoms with Crippen LogP contribution in [-0.4, -0.2) is 54.4 Å². The molecular formula is C22H24ClN3O2. The minimum absolute atomic E-state index is 0.0181. The predicted molar refractivity (Wildman–Crippen MR) is 111 cm³/mol. The fourth-order valence-electron chi connectivity index (χ4n) is 3.71. The summed E-state index contributed by atoms with van der Waals surface area (Å²) in [5.41, 5.74) is 4.24. The van der Waals surface area contributed by atoms with Crippen molar-refractivity contribution in [1.29, 1.82) is 0 Å². The van der Waals surface area contributed by atoms with Crippen LogP contribution in [0.1, 0.15) is 29.2 Å². The van der Waals surface area contributed by atoms with Gasteiger partial charge >= 0.3 is 0 Å². The van der Waals surface area contributed by atoms with Crippen molar-refractivity contribution in [2.45, 2.75) is 19.4 Å². The molecule has 28 heavy (non-hydrogen) atoms. The molecule has 0 bridgehead atoms. The number of hydrogen-bond acceptors (Lipinski definition) is 4. The number of benzene rings is 2. The fraction of sp³-hybridized carbons (Fsp3) is 0.364. The lowest BCUT2D eigenvalue weighted by atomic mass is 9.97. The van der Waals surface area contributed by atoms with Gasteiger partial charge < -0.3 is 4.74 Å². The summed E-state index contributed by atoms with van der Waals surface area (Å²) < 4.78 is 5.39. The van der Waals surface area contributed by atoms with Crippen LogP contribution in [0.15, 0.2) is 53.6 Å². The number of ether oxygens (including phenoxy) is 1. The minimum atomic E-state index is -0.110. The number of amides is 1. The summed E-state index contributed by atoms with van der Waals surface area (Å²) in [6.07, 6.45) is 0.694. The van der Waals surface area contributed by atoms with Crippen LogP contribution in [0.5, 0.6) is 0 Å². The number of nitrogens with zero attached hydrogens (tertiary/aromatic N) is 3. The lowest BCUT2D eigenvalue weighted by molar-refractivity contribution is -0.135. The Morgan fingerprint density at radius 1 is 1.18 bits per heavy atom. The molecule has 2 aliphatic heterocycles. The van der Waals surface area contributed by atoms with E-state index in [1.54, 1.807) is 5.01 Å². The Morgan fingerprint density at radius 3 is 2.64 bits per heavy atom. The minimum Gasteiger partial charge on any atom is -0.379 e. The number of rotatable bonds is 4. The van der Waals surface area contributed by atoms with Gasteiger partial charge in [0, 0.05) is 24.5 Å². The van der Waals surface area contributed by atoms with Gasteiger partial charge in [0.25, 0.3) is 5.91 Å². The summed E-state index contributed by atoms with van der Waals surface area (Å²) >= 11 is 6.06. The molecule has 2 aromatic carbocycles. The van der Waals surface area contributed by atoms with Crippen LogP contribution in [-0.2, 0) is 9.53 Å². The second-order valence-corrected chi connectivity index (χ2v) is 7.75. The van der Waals surface area contributed by atoms with E-state index in [2.05, 4.69) is 30.0 Å². The summed E-state index contributed by atoms with van der Waals surface area (Å²) in [6.45, 7) is 5.33. The van der Waals surface area contributed by atoms with E-state index in [1.165, 1.54) is 5.56 Å². The van der Waals surface area contributed by atoms with Crippen LogP contribution in [0, 0.1) is 6.92 Å². The molecule has 2 heterocycles. The van der Waals surface area contributed by atoms with Crippen molar-refractivity contribution in [3.63, 3.8) is 0 Å². The van der Waals surface area contributed by atoms with Crippen molar-refractivity contribution in [3.8, 4) is 0 Å². The maximum Gasteiger partial charge on any atom is 0.257 e. The summed E-state index contributed by atoms with van der Waals surface area (Å²) in [4.78, 5) is 15.2. The van der Waals surface area contributed by atoms with Gasteiger partial charge in [0.2, 0.25) is 0 Å². The number of morpholine rings is 1. The Morgan fingerprint density at radius 2 is 1.93 bits per heavy atom. The smallest absolute Gasteiger partial charge is 0.257 e. The van der Waals surface area contributed by atoms with E-state index in [9.17, 15) is 4.79 Å². The Balaban J connectivity index is 1.60. The number of hydrazone groups is 1. The fourth-order valence-corrected chi connectivity index (χ4v) is 3.83. The monoisotopic (exact) mass is 397 g/mol. The van der Waals surface area contributed by atoms with E-state index in [4.69, 9.17) is 21.4 Å². The molecule has 0 aromatic heterocycles. The molecule has 4 rings (SSSR count). The average molecular weight is 398 g/mol. The average Bonchev–Trinajstić information content (AvgIpc) is 3.15. The maximum atomic E-state index is 13.1. The van der Waals surface area contributed by atoms with Crippen LogP contribution in [0.25, 0.3) is 0 Å². The molecule has 0 spiro atoms. The molecule has 1 atom stereocenters. The third-order valence-corrected chi connectivity index (χ3v) is 5.49. The van der Waals surface area contributed by atoms with Crippen LogP contribution < -0.4 is 0 Å². The van der Waals surface area contributed by atoms with Crippen LogP contribution in [0.2, 0.25) is 5.02 Å². The van der Waals surface area contributed by atoms with E-state index in [1.807, 2.05) is 30.3 Å². The van der Waals surface area contributed by atoms with Crippen molar-refractivity contribution in [1.82, 2.24) is 9.91 Å². The molecule has 2 aliphatic rings. The van der Waals surface area contributed by atoms with Crippen molar-refractivity contribution < 1.29 is 9.53 Å². The lowest BCUT2D eigenvalue weighted by Gasteiger charge is -2.29. The number of aryl methyl sites for hydroxylation is 1. The van der Waals surface area contributed by atoms with Gasteiger partial charge in [-0.2, -0.15) is 5.10 Å². The van der Waals surface area contributed by atoms with Crippen molar-refractivity contribution in [2.24, 2.45) is 5.10 Å². The molecule has 0 radical (unpaired) electrons. The third-order valence-electron chi connectivity index (χ3n) is 5.23. The van der Waals surface area contributed by atoms with Crippen LogP contribution in [0.4, 0.5) is 0 Å². The van der Waals surface area contributed by atoms with E-state index in [0.717, 1.165) is 29.9 Å². The van der Waals surface area contributed by atoms with Crippen molar-refractivity contribution in [2.75, 3.05) is 32.8 Å². The second-order valence-electron chi connectivity index (χ2n) is 7.31. The van der Waals surface area contributed by atoms with Crippen molar-refractivity contribution in [3.05, 3.63) is 70.2 Å². The SMILES string of the molecule is Cc1cccc(C2=NN(C(=O)CN3CCOCC3)[C@@H](c3ccc(Cl)cc3)C2)c1. The molecule has 0 aliphatic carbocycles. The standard InChI is InChI=1S/C22H24ClN3O2/c1-16-3-2-4-18(13-16)20-14-21(17-5-7-19(23)8-6-17)26(24-20)22(27)15-25-9-11-28-12-10-25/h2-8,13,21H,9-12,14-15H2,1H3/t21-/m1/s1. The molecule has 0 saturated carbocycles. The molecule has 146 valence electrons. The van der Waals surface area contributed by atoms with Crippen LogP contribution in [0.3, 0.4) is 0 Å². The van der Waals surface area contributed by atoms with E-state index >= 15 is 0 Å². The summed E-state index contributed by atoms with van der Waals surface area (Å²) in [5.74, 6) is 0.0181. The molecule has 6 heteroatoms. The summed E-state index contributed by atoms with van der Waals surface area (Å²) in [6, 6.07) is 15.9. The van der Waals surface area contributed by atoms with Gasteiger partial charge in [0.15, 0.2) is 0 Å². The zero-order chi connectivity index (χ0) is 19.5. The molecular weight excluding hydrogens is 374 g/mol. The van der Waals surface area contributed by atoms with Crippen molar-refractivity contribution >= 4 is 23.2 Å². The number of carbonyl (C=O) groups excluding carboxylic acids is 1. The number of halogens is 1. The molecule has 0 unspecified atom stereocenters. The molecule has 1 saturated heterocycles. The zero-order valence-electron chi connectivity index (χ0n) is 16.0. The quantitative estimate of drug-likeness (QED) is 0.790. The highest BCUT2D eigenvalue weighted by Gasteiger charge is 2.33. The summed E-state index contributed by atoms with van der Waals surface area (Å²) in [5, 5.41) is 7.11. The Hall–Kier alpha value is -2.21. The normalized spacial score (nSPS) is 20.3. The lowest BCUT2D eigenvalue weighted by Crippen LogP contribution is -2.43. The molecule has 5 nitrogen and oxygen atoms in total. The second kappa shape index (κ2) is 8.43. The maximum absolute atomic E-state index is 13.1. The first kappa shape index (κ1) is 19.1. The highest BCUT2D eigenvalue weighted by molar-refractivity contribution is 6.30. The number of carbonyl (C=O) groups is 1. The molecule has 1 fully saturated rings. The Labute approximate surface area is 170 Å². The first-order valence-electron chi connectivity index (χ1n) is 9.62. The van der Waals surface area contributed by atoms with Gasteiger partial charge in [0.1, 0.15) is 0 Å². The van der Waals surface area contributed by atoms with E-state index in [0.29, 0.717) is 31.2 Å². The molecule has 1 amide bonds. The van der Waals surface area contributed by atoms with Gasteiger partial charge in [-0.15, -0.1) is 0 Å². The van der Waals surface area contributed by atoms with Gasteiger partial charge in [-0.3, -0.25) is 9.69 Å². The Kier molecular flexibility index (Phi) is 5.76. The number of hydrogen-bond donors (Lipinski definition) is 0. The molecule has 0 N–H and O–H groups in total. The Bertz CT molecular complexity index is 876. The topological polar surface area (TPSA) is 45.1 Å². The largest absolute Gasteiger partial charge is 0.379 e. The zero-order valence-corrected chi connectivity index (χ0v) is 16.7. The first-order chi connectivity index (χ1) is 13.6. The van der Waals surface area contributed by atoms with E-state index < -0.39 is 0 Å². The van der Waals surface area contributed by atoms with Gasteiger partial charge in [0.05, 0.1) is 31.5 Å². The molecule has 2 aromatic rings. The third kappa shape index (κ3) is 4.27. The summed E-state index contributed by atoms with van der Waals surface area (Å²) in [7, 11) is 0. The van der Waals surface area contributed by atoms with Crippen LogP contribution >= 0.6 is 11.6 Å².